The fourth-order valence-electron chi connectivity index (χ4n) is 2.61. The van der Waals surface area contributed by atoms with E-state index in [0.717, 1.165) is 12.4 Å². The molecule has 1 unspecified atom stereocenters. The van der Waals surface area contributed by atoms with Crippen molar-refractivity contribution in [2.45, 2.75) is 44.6 Å². The van der Waals surface area contributed by atoms with Gasteiger partial charge in [0, 0.05) is 0 Å². The molecule has 0 saturated heterocycles. The predicted octanol–water partition coefficient (Wildman–Crippen LogP) is 3.03. The largest absolute Gasteiger partial charge is 0.493 e. The second-order valence-corrected chi connectivity index (χ2v) is 5.33. The van der Waals surface area contributed by atoms with Crippen molar-refractivity contribution < 1.29 is 11.2 Å². The van der Waals surface area contributed by atoms with Gasteiger partial charge in [0.1, 0.15) is 5.75 Å². The van der Waals surface area contributed by atoms with Crippen LogP contribution in [-0.4, -0.2) is 18.3 Å². The smallest absolute Gasteiger partial charge is 0.119 e. The first-order valence-electron chi connectivity index (χ1n) is 7.77. The van der Waals surface area contributed by atoms with E-state index in [1.165, 1.54) is 32.1 Å². The first-order valence-corrected chi connectivity index (χ1v) is 7.27. The van der Waals surface area contributed by atoms with Crippen LogP contribution in [0.25, 0.3) is 0 Å². The molecule has 1 aromatic carbocycles. The number of hydrogen-bond donors (Lipinski definition) is 2. The molecule has 1 aromatic rings. The van der Waals surface area contributed by atoms with Crippen molar-refractivity contribution in [1.29, 1.82) is 0 Å². The molecule has 3 heteroatoms. The number of ether oxygens (including phenoxy) is 1. The summed E-state index contributed by atoms with van der Waals surface area (Å²) in [7, 11) is 0. The van der Waals surface area contributed by atoms with E-state index in [0.29, 0.717) is 11.5 Å². The van der Waals surface area contributed by atoms with Gasteiger partial charge in [0.25, 0.3) is 0 Å². The monoisotopic (exact) mass is 264 g/mol. The van der Waals surface area contributed by atoms with Crippen LogP contribution in [0.15, 0.2) is 24.3 Å². The minimum absolute atomic E-state index is 0.221. The summed E-state index contributed by atoms with van der Waals surface area (Å²) >= 11 is 0. The third kappa shape index (κ3) is 4.51. The maximum absolute atomic E-state index is 10.1. The Morgan fingerprint density at radius 2 is 2.16 bits per heavy atom. The molecule has 3 N–H and O–H groups in total. The van der Waals surface area contributed by atoms with Crippen molar-refractivity contribution in [3.05, 3.63) is 29.8 Å². The zero-order chi connectivity index (χ0) is 14.4. The number of aliphatic hydroxyl groups is 1. The highest BCUT2D eigenvalue weighted by molar-refractivity contribution is 5.29. The van der Waals surface area contributed by atoms with Crippen LogP contribution >= 0.6 is 0 Å². The maximum Gasteiger partial charge on any atom is 0.119 e. The van der Waals surface area contributed by atoms with Gasteiger partial charge in [-0.2, -0.15) is 0 Å². The number of benzene rings is 1. The average Bonchev–Trinajstić information content (AvgIpc) is 2.46. The van der Waals surface area contributed by atoms with Gasteiger partial charge in [0.05, 0.1) is 14.1 Å². The maximum atomic E-state index is 10.1. The average molecular weight is 264 g/mol. The molecular formula is C16H25NO2. The number of rotatable bonds is 6. The second kappa shape index (κ2) is 7.51. The van der Waals surface area contributed by atoms with Crippen molar-refractivity contribution in [3.63, 3.8) is 0 Å². The summed E-state index contributed by atoms with van der Waals surface area (Å²) in [6, 6.07) is 7.20. The van der Waals surface area contributed by atoms with Crippen molar-refractivity contribution in [2.24, 2.45) is 11.7 Å². The first-order chi connectivity index (χ1) is 9.62. The standard InChI is InChI=1S/C16H25NO2/c17-10-9-16(18)14-7-4-8-15(11-14)19-12-13-5-2-1-3-6-13/h4,7-8,11,13,16,18H,1-3,5-6,9-10,12,17H2/i16D. The van der Waals surface area contributed by atoms with Crippen LogP contribution in [0.2, 0.25) is 0 Å². The molecular weight excluding hydrogens is 238 g/mol. The Kier molecular flexibility index (Phi) is 5.12. The number of nitrogens with two attached hydrogens (primary N) is 1. The van der Waals surface area contributed by atoms with E-state index in [1.54, 1.807) is 12.1 Å². The molecule has 1 fully saturated rings. The molecule has 3 nitrogen and oxygen atoms in total. The lowest BCUT2D eigenvalue weighted by atomic mass is 9.90. The Morgan fingerprint density at radius 1 is 1.37 bits per heavy atom. The van der Waals surface area contributed by atoms with Crippen LogP contribution in [-0.2, 0) is 0 Å². The van der Waals surface area contributed by atoms with E-state index in [4.69, 9.17) is 11.8 Å². The Labute approximate surface area is 117 Å². The van der Waals surface area contributed by atoms with Gasteiger partial charge in [-0.25, -0.2) is 0 Å². The zero-order valence-corrected chi connectivity index (χ0v) is 11.5. The van der Waals surface area contributed by atoms with Crippen LogP contribution in [0.3, 0.4) is 0 Å². The van der Waals surface area contributed by atoms with Crippen LogP contribution in [0.5, 0.6) is 5.75 Å². The van der Waals surface area contributed by atoms with Crippen LogP contribution < -0.4 is 10.5 Å². The van der Waals surface area contributed by atoms with E-state index in [1.807, 2.05) is 12.1 Å². The summed E-state index contributed by atoms with van der Waals surface area (Å²) in [5.41, 5.74) is 5.98. The van der Waals surface area contributed by atoms with E-state index in [2.05, 4.69) is 0 Å². The quantitative estimate of drug-likeness (QED) is 0.830. The van der Waals surface area contributed by atoms with E-state index < -0.39 is 6.08 Å². The summed E-state index contributed by atoms with van der Waals surface area (Å²) < 4.78 is 13.7. The molecule has 1 aliphatic carbocycles. The lowest BCUT2D eigenvalue weighted by Gasteiger charge is -2.22. The molecule has 0 aromatic heterocycles. The van der Waals surface area contributed by atoms with Gasteiger partial charge >= 0.3 is 0 Å². The first kappa shape index (κ1) is 12.9. The fourth-order valence-corrected chi connectivity index (χ4v) is 2.61. The minimum atomic E-state index is -1.63. The van der Waals surface area contributed by atoms with Crippen molar-refractivity contribution in [1.82, 2.24) is 0 Å². The molecule has 106 valence electrons. The van der Waals surface area contributed by atoms with Gasteiger partial charge in [-0.3, -0.25) is 0 Å². The van der Waals surface area contributed by atoms with Crippen LogP contribution in [0.1, 0.15) is 51.5 Å². The molecule has 19 heavy (non-hydrogen) atoms. The van der Waals surface area contributed by atoms with Crippen molar-refractivity contribution >= 4 is 0 Å². The van der Waals surface area contributed by atoms with Gasteiger partial charge in [-0.15, -0.1) is 0 Å². The molecule has 0 spiro atoms. The lowest BCUT2D eigenvalue weighted by Crippen LogP contribution is -2.15. The van der Waals surface area contributed by atoms with E-state index in [-0.39, 0.29) is 13.0 Å². The van der Waals surface area contributed by atoms with Crippen molar-refractivity contribution in [3.8, 4) is 5.75 Å². The van der Waals surface area contributed by atoms with Gasteiger partial charge < -0.3 is 15.6 Å². The fraction of sp³-hybridized carbons (Fsp3) is 0.625. The molecule has 0 aliphatic heterocycles. The summed E-state index contributed by atoms with van der Waals surface area (Å²) in [5, 5.41) is 10.1. The van der Waals surface area contributed by atoms with Crippen LogP contribution in [0, 0.1) is 5.92 Å². The molecule has 1 atom stereocenters. The molecule has 0 amide bonds. The Bertz CT molecular complexity index is 417. The van der Waals surface area contributed by atoms with E-state index >= 15 is 0 Å². The third-order valence-corrected chi connectivity index (χ3v) is 3.76. The van der Waals surface area contributed by atoms with Crippen LogP contribution in [0.4, 0.5) is 0 Å². The molecule has 2 rings (SSSR count). The molecule has 0 radical (unpaired) electrons. The number of hydrogen-bond acceptors (Lipinski definition) is 3. The highest BCUT2D eigenvalue weighted by Gasteiger charge is 2.14. The van der Waals surface area contributed by atoms with Crippen molar-refractivity contribution in [2.75, 3.05) is 13.2 Å². The summed E-state index contributed by atoms with van der Waals surface area (Å²) in [6.45, 7) is 1.02. The Hall–Kier alpha value is -1.06. The topological polar surface area (TPSA) is 55.5 Å². The van der Waals surface area contributed by atoms with Gasteiger partial charge in [0.15, 0.2) is 0 Å². The summed E-state index contributed by atoms with van der Waals surface area (Å²) in [5.74, 6) is 1.38. The highest BCUT2D eigenvalue weighted by atomic mass is 16.5. The van der Waals surface area contributed by atoms with Gasteiger partial charge in [0.2, 0.25) is 0 Å². The molecule has 0 bridgehead atoms. The SMILES string of the molecule is [2H]C(O)(CCN)c1cccc(OCC2CCCCC2)c1. The normalized spacial score (nSPS) is 20.6. The zero-order valence-electron chi connectivity index (χ0n) is 12.5. The summed E-state index contributed by atoms with van der Waals surface area (Å²) in [6.07, 6.45) is 5.04. The lowest BCUT2D eigenvalue weighted by molar-refractivity contribution is 0.169. The summed E-state index contributed by atoms with van der Waals surface area (Å²) in [4.78, 5) is 0. The predicted molar refractivity (Wildman–Crippen MR) is 77.1 cm³/mol. The third-order valence-electron chi connectivity index (χ3n) is 3.76. The highest BCUT2D eigenvalue weighted by Crippen LogP contribution is 2.26. The minimum Gasteiger partial charge on any atom is -0.493 e. The Morgan fingerprint density at radius 3 is 2.89 bits per heavy atom. The van der Waals surface area contributed by atoms with Gasteiger partial charge in [-0.05, 0) is 49.4 Å². The molecule has 1 aliphatic rings. The molecule has 1 saturated carbocycles. The Balaban J connectivity index is 1.95. The second-order valence-electron chi connectivity index (χ2n) is 5.33. The van der Waals surface area contributed by atoms with Gasteiger partial charge in [-0.1, -0.05) is 31.4 Å². The molecule has 0 heterocycles. The van der Waals surface area contributed by atoms with E-state index in [9.17, 15) is 5.11 Å².